The zero-order chi connectivity index (χ0) is 21.3. The van der Waals surface area contributed by atoms with Crippen molar-refractivity contribution in [1.29, 1.82) is 0 Å². The second kappa shape index (κ2) is 8.63. The molecule has 2 fully saturated rings. The molecule has 0 bridgehead atoms. The van der Waals surface area contributed by atoms with Gasteiger partial charge in [0.15, 0.2) is 0 Å². The van der Waals surface area contributed by atoms with E-state index in [1.807, 2.05) is 13.8 Å². The lowest BCUT2D eigenvalue weighted by atomic mass is 9.93. The van der Waals surface area contributed by atoms with Gasteiger partial charge in [-0.2, -0.15) is 4.31 Å². The number of carbonyl (C=O) groups excluding carboxylic acids is 1. The average molecular weight is 434 g/mol. The maximum atomic E-state index is 13.3. The quantitative estimate of drug-likeness (QED) is 0.782. The summed E-state index contributed by atoms with van der Waals surface area (Å²) in [6.45, 7) is 4.68. The summed E-state index contributed by atoms with van der Waals surface area (Å²) in [5.74, 6) is -0.293. The van der Waals surface area contributed by atoms with E-state index in [0.717, 1.165) is 37.6 Å². The predicted octanol–water partition coefficient (Wildman–Crippen LogP) is 2.86. The summed E-state index contributed by atoms with van der Waals surface area (Å²) in [6.07, 6.45) is 7.01. The van der Waals surface area contributed by atoms with E-state index in [0.29, 0.717) is 18.5 Å². The molecule has 1 aliphatic carbocycles. The van der Waals surface area contributed by atoms with Crippen molar-refractivity contribution in [3.63, 3.8) is 0 Å². The molecule has 2 aromatic rings. The number of hydrogen-bond donors (Lipinski definition) is 1. The largest absolute Gasteiger partial charge is 0.353 e. The third-order valence-electron chi connectivity index (χ3n) is 6.28. The van der Waals surface area contributed by atoms with E-state index in [1.54, 1.807) is 22.9 Å². The van der Waals surface area contributed by atoms with Gasteiger partial charge >= 0.3 is 0 Å². The van der Waals surface area contributed by atoms with Gasteiger partial charge in [0.05, 0.1) is 16.3 Å². The first-order chi connectivity index (χ1) is 14.4. The van der Waals surface area contributed by atoms with Crippen LogP contribution < -0.4 is 5.32 Å². The first-order valence-electron chi connectivity index (χ1n) is 11.0. The molecule has 1 atom stereocenters. The molecule has 1 saturated heterocycles. The number of amides is 1. The van der Waals surface area contributed by atoms with Crippen molar-refractivity contribution in [3.8, 4) is 0 Å². The maximum absolute atomic E-state index is 13.3. The molecule has 0 spiro atoms. The molecule has 1 aromatic heterocycles. The smallest absolute Gasteiger partial charge is 0.243 e. The molecule has 2 aliphatic rings. The molecule has 0 radical (unpaired) electrons. The number of aromatic nitrogens is 3. The van der Waals surface area contributed by atoms with Crippen molar-refractivity contribution in [2.75, 3.05) is 13.1 Å². The maximum Gasteiger partial charge on any atom is 0.243 e. The summed E-state index contributed by atoms with van der Waals surface area (Å²) in [4.78, 5) is 13.0. The third kappa shape index (κ3) is 4.23. The Balaban J connectivity index is 1.49. The first-order valence-corrected chi connectivity index (χ1v) is 12.5. The minimum Gasteiger partial charge on any atom is -0.353 e. The Morgan fingerprint density at radius 2 is 1.90 bits per heavy atom. The van der Waals surface area contributed by atoms with Crippen molar-refractivity contribution in [2.45, 2.75) is 75.8 Å². The molecular weight excluding hydrogens is 402 g/mol. The fraction of sp³-hybridized carbons (Fsp3) is 0.667. The van der Waals surface area contributed by atoms with Gasteiger partial charge in [0, 0.05) is 25.2 Å². The monoisotopic (exact) mass is 433 g/mol. The molecule has 8 nitrogen and oxygen atoms in total. The van der Waals surface area contributed by atoms with Gasteiger partial charge in [-0.15, -0.1) is 5.10 Å². The lowest BCUT2D eigenvalue weighted by Gasteiger charge is -2.32. The highest BCUT2D eigenvalue weighted by molar-refractivity contribution is 7.89. The van der Waals surface area contributed by atoms with Crippen molar-refractivity contribution in [3.05, 3.63) is 18.2 Å². The SMILES string of the molecule is CC(C)n1nnc2cc(S(=O)(=O)N3CCC[C@@H](C(=O)NC4CCCCC4)C3)ccc21. The number of sulfonamides is 1. The highest BCUT2D eigenvalue weighted by Gasteiger charge is 2.34. The van der Waals surface area contributed by atoms with Crippen molar-refractivity contribution < 1.29 is 13.2 Å². The van der Waals surface area contributed by atoms with Crippen LogP contribution in [0.15, 0.2) is 23.1 Å². The third-order valence-corrected chi connectivity index (χ3v) is 8.14. The molecule has 1 amide bonds. The molecule has 30 heavy (non-hydrogen) atoms. The fourth-order valence-corrected chi connectivity index (χ4v) is 6.10. The number of piperidine rings is 1. The molecule has 1 aromatic carbocycles. The van der Waals surface area contributed by atoms with E-state index in [4.69, 9.17) is 0 Å². The van der Waals surface area contributed by atoms with Gasteiger partial charge in [-0.1, -0.05) is 24.5 Å². The predicted molar refractivity (Wildman–Crippen MR) is 114 cm³/mol. The van der Waals surface area contributed by atoms with Crippen LogP contribution in [0.2, 0.25) is 0 Å². The molecule has 0 unspecified atom stereocenters. The summed E-state index contributed by atoms with van der Waals surface area (Å²) >= 11 is 0. The van der Waals surface area contributed by atoms with Gasteiger partial charge in [-0.05, 0) is 57.7 Å². The topological polar surface area (TPSA) is 97.2 Å². The van der Waals surface area contributed by atoms with E-state index in [-0.39, 0.29) is 35.3 Å². The number of hydrogen-bond acceptors (Lipinski definition) is 5. The van der Waals surface area contributed by atoms with Crippen LogP contribution in [0.25, 0.3) is 11.0 Å². The Morgan fingerprint density at radius 3 is 2.63 bits per heavy atom. The van der Waals surface area contributed by atoms with Crippen LogP contribution in [0.4, 0.5) is 0 Å². The van der Waals surface area contributed by atoms with Gasteiger partial charge in [0.2, 0.25) is 15.9 Å². The number of nitrogens with zero attached hydrogens (tertiary/aromatic N) is 4. The van der Waals surface area contributed by atoms with Gasteiger partial charge in [0.25, 0.3) is 0 Å². The van der Waals surface area contributed by atoms with Crippen LogP contribution in [0, 0.1) is 5.92 Å². The van der Waals surface area contributed by atoms with E-state index in [1.165, 1.54) is 10.7 Å². The van der Waals surface area contributed by atoms with Crippen LogP contribution in [-0.4, -0.2) is 52.8 Å². The Hall–Kier alpha value is -2.00. The van der Waals surface area contributed by atoms with Crippen LogP contribution in [-0.2, 0) is 14.8 Å². The zero-order valence-corrected chi connectivity index (χ0v) is 18.6. The molecular formula is C21H31N5O3S. The summed E-state index contributed by atoms with van der Waals surface area (Å²) < 4.78 is 29.8. The van der Waals surface area contributed by atoms with E-state index in [2.05, 4.69) is 15.6 Å². The Bertz CT molecular complexity index is 1010. The highest BCUT2D eigenvalue weighted by atomic mass is 32.2. The number of fused-ring (bicyclic) bond motifs is 1. The normalized spacial score (nSPS) is 21.9. The molecule has 1 N–H and O–H groups in total. The summed E-state index contributed by atoms with van der Waals surface area (Å²) in [5, 5.41) is 11.4. The van der Waals surface area contributed by atoms with Crippen LogP contribution >= 0.6 is 0 Å². The average Bonchev–Trinajstić information content (AvgIpc) is 3.18. The second-order valence-corrected chi connectivity index (χ2v) is 10.8. The molecule has 4 rings (SSSR count). The fourth-order valence-electron chi connectivity index (χ4n) is 4.55. The summed E-state index contributed by atoms with van der Waals surface area (Å²) in [5.41, 5.74) is 1.38. The van der Waals surface area contributed by atoms with E-state index < -0.39 is 10.0 Å². The van der Waals surface area contributed by atoms with Crippen molar-refractivity contribution >= 4 is 27.0 Å². The Morgan fingerprint density at radius 1 is 1.13 bits per heavy atom. The van der Waals surface area contributed by atoms with Crippen molar-refractivity contribution in [1.82, 2.24) is 24.6 Å². The van der Waals surface area contributed by atoms with Gasteiger partial charge in [-0.25, -0.2) is 13.1 Å². The van der Waals surface area contributed by atoms with Gasteiger partial charge < -0.3 is 5.32 Å². The first kappa shape index (κ1) is 21.2. The molecule has 164 valence electrons. The standard InChI is InChI=1S/C21H31N5O3S/c1-15(2)26-20-11-10-18(13-19(20)23-24-26)30(28,29)25-12-6-7-16(14-25)21(27)22-17-8-4-3-5-9-17/h10-11,13,15-17H,3-9,12,14H2,1-2H3,(H,22,27)/t16-/m1/s1. The van der Waals surface area contributed by atoms with Crippen LogP contribution in [0.5, 0.6) is 0 Å². The van der Waals surface area contributed by atoms with Crippen molar-refractivity contribution in [2.24, 2.45) is 5.92 Å². The number of benzene rings is 1. The number of nitrogens with one attached hydrogen (secondary N) is 1. The van der Waals surface area contributed by atoms with E-state index >= 15 is 0 Å². The summed E-state index contributed by atoms with van der Waals surface area (Å²) in [6, 6.07) is 5.35. The molecule has 1 saturated carbocycles. The number of carbonyl (C=O) groups is 1. The van der Waals surface area contributed by atoms with E-state index in [9.17, 15) is 13.2 Å². The zero-order valence-electron chi connectivity index (χ0n) is 17.7. The molecule has 9 heteroatoms. The minimum absolute atomic E-state index is 0.00266. The Labute approximate surface area is 178 Å². The number of rotatable bonds is 5. The molecule has 2 heterocycles. The Kier molecular flexibility index (Phi) is 6.11. The highest BCUT2D eigenvalue weighted by Crippen LogP contribution is 2.27. The van der Waals surface area contributed by atoms with Gasteiger partial charge in [-0.3, -0.25) is 4.79 Å². The van der Waals surface area contributed by atoms with Crippen LogP contribution in [0.3, 0.4) is 0 Å². The molecule has 1 aliphatic heterocycles. The van der Waals surface area contributed by atoms with Crippen LogP contribution in [0.1, 0.15) is 64.8 Å². The minimum atomic E-state index is -3.69. The summed E-state index contributed by atoms with van der Waals surface area (Å²) in [7, 11) is -3.69. The second-order valence-electron chi connectivity index (χ2n) is 8.82. The lowest BCUT2D eigenvalue weighted by Crippen LogP contribution is -2.47. The van der Waals surface area contributed by atoms with Gasteiger partial charge in [0.1, 0.15) is 5.52 Å². The lowest BCUT2D eigenvalue weighted by molar-refractivity contribution is -0.127.